The molecule has 0 unspecified atom stereocenters. The Hall–Kier alpha value is -2.21. The van der Waals surface area contributed by atoms with E-state index in [1.165, 1.54) is 18.2 Å². The van der Waals surface area contributed by atoms with Crippen LogP contribution in [0.15, 0.2) is 46.9 Å². The number of aromatic amines is 1. The molecule has 0 saturated carbocycles. The number of hydrogen-bond acceptors (Lipinski definition) is 2. The van der Waals surface area contributed by atoms with Gasteiger partial charge in [0, 0.05) is 23.5 Å². The highest BCUT2D eigenvalue weighted by molar-refractivity contribution is 9.10. The number of nitrogens with one attached hydrogen (secondary N) is 1. The second-order valence-corrected chi connectivity index (χ2v) is 7.18. The fourth-order valence-electron chi connectivity index (χ4n) is 3.36. The lowest BCUT2D eigenvalue weighted by Gasteiger charge is -2.31. The highest BCUT2D eigenvalue weighted by atomic mass is 79.9. The molecule has 4 nitrogen and oxygen atoms in total. The van der Waals surface area contributed by atoms with Gasteiger partial charge >= 0.3 is 0 Å². The molecule has 0 spiro atoms. The van der Waals surface area contributed by atoms with Gasteiger partial charge in [-0.2, -0.15) is 0 Å². The minimum atomic E-state index is -0.355. The monoisotopic (exact) mass is 401 g/mol. The third-order valence-corrected chi connectivity index (χ3v) is 5.39. The number of carbonyl (C=O) groups excluding carboxylic acids is 1. The number of aromatic nitrogens is 2. The van der Waals surface area contributed by atoms with Crippen LogP contribution >= 0.6 is 15.9 Å². The number of rotatable bonds is 2. The van der Waals surface area contributed by atoms with Crippen LogP contribution in [0.4, 0.5) is 4.39 Å². The Bertz CT molecular complexity index is 898. The molecule has 0 bridgehead atoms. The van der Waals surface area contributed by atoms with E-state index in [2.05, 4.69) is 25.9 Å². The molecule has 1 aliphatic rings. The van der Waals surface area contributed by atoms with Gasteiger partial charge in [-0.1, -0.05) is 12.1 Å². The molecule has 0 atom stereocenters. The molecular formula is C19H17BrFN3O. The second kappa shape index (κ2) is 6.59. The van der Waals surface area contributed by atoms with Crippen LogP contribution in [0.3, 0.4) is 0 Å². The summed E-state index contributed by atoms with van der Waals surface area (Å²) in [7, 11) is 0. The van der Waals surface area contributed by atoms with Gasteiger partial charge in [-0.25, -0.2) is 9.37 Å². The molecule has 1 saturated heterocycles. The minimum absolute atomic E-state index is 0.0602. The smallest absolute Gasteiger partial charge is 0.255 e. The molecule has 1 aliphatic heterocycles. The molecule has 6 heteroatoms. The van der Waals surface area contributed by atoms with E-state index < -0.39 is 0 Å². The van der Waals surface area contributed by atoms with Crippen molar-refractivity contribution in [3.05, 3.63) is 64.1 Å². The lowest BCUT2D eigenvalue weighted by atomic mass is 9.95. The Morgan fingerprint density at radius 3 is 2.68 bits per heavy atom. The van der Waals surface area contributed by atoms with E-state index >= 15 is 0 Å². The van der Waals surface area contributed by atoms with E-state index in [4.69, 9.17) is 0 Å². The van der Waals surface area contributed by atoms with Gasteiger partial charge in [-0.15, -0.1) is 0 Å². The van der Waals surface area contributed by atoms with Gasteiger partial charge < -0.3 is 9.88 Å². The number of para-hydroxylation sites is 2. The van der Waals surface area contributed by atoms with Gasteiger partial charge in [-0.05, 0) is 59.1 Å². The van der Waals surface area contributed by atoms with Crippen LogP contribution in [-0.4, -0.2) is 33.9 Å². The van der Waals surface area contributed by atoms with Crippen molar-refractivity contribution in [2.45, 2.75) is 18.8 Å². The normalized spacial score (nSPS) is 15.7. The summed E-state index contributed by atoms with van der Waals surface area (Å²) < 4.78 is 13.7. The van der Waals surface area contributed by atoms with Crippen LogP contribution in [0.1, 0.15) is 34.9 Å². The molecule has 25 heavy (non-hydrogen) atoms. The van der Waals surface area contributed by atoms with Crippen molar-refractivity contribution in [1.29, 1.82) is 0 Å². The van der Waals surface area contributed by atoms with Crippen LogP contribution in [0.5, 0.6) is 0 Å². The molecular weight excluding hydrogens is 385 g/mol. The lowest BCUT2D eigenvalue weighted by molar-refractivity contribution is 0.0710. The fourth-order valence-corrected chi connectivity index (χ4v) is 3.88. The van der Waals surface area contributed by atoms with Crippen LogP contribution < -0.4 is 0 Å². The van der Waals surface area contributed by atoms with Crippen LogP contribution in [0.25, 0.3) is 11.0 Å². The Morgan fingerprint density at radius 2 is 1.96 bits per heavy atom. The maximum atomic E-state index is 13.2. The first-order chi connectivity index (χ1) is 12.1. The first-order valence-corrected chi connectivity index (χ1v) is 9.10. The van der Waals surface area contributed by atoms with Crippen molar-refractivity contribution in [1.82, 2.24) is 14.9 Å². The number of likely N-dealkylation sites (tertiary alicyclic amines) is 1. The van der Waals surface area contributed by atoms with Gasteiger partial charge in [0.2, 0.25) is 0 Å². The second-order valence-electron chi connectivity index (χ2n) is 6.33. The third kappa shape index (κ3) is 3.18. The first-order valence-electron chi connectivity index (χ1n) is 8.31. The van der Waals surface area contributed by atoms with Crippen molar-refractivity contribution >= 4 is 32.9 Å². The summed E-state index contributed by atoms with van der Waals surface area (Å²) in [6.45, 7) is 1.34. The number of fused-ring (bicyclic) bond motifs is 1. The number of amides is 1. The molecule has 1 amide bonds. The molecule has 3 aromatic rings. The molecule has 1 aromatic heterocycles. The van der Waals surface area contributed by atoms with E-state index in [-0.39, 0.29) is 11.7 Å². The van der Waals surface area contributed by atoms with Crippen molar-refractivity contribution < 1.29 is 9.18 Å². The standard InChI is InChI=1S/C19H17BrFN3O/c20-15-11-13(21)5-6-14(15)19(25)24-9-7-12(8-10-24)18-22-16-3-1-2-4-17(16)23-18/h1-6,11-12H,7-10H2,(H,22,23). The quantitative estimate of drug-likeness (QED) is 0.687. The fraction of sp³-hybridized carbons (Fsp3) is 0.263. The maximum absolute atomic E-state index is 13.2. The number of carbonyl (C=O) groups is 1. The van der Waals surface area contributed by atoms with Gasteiger partial charge in [-0.3, -0.25) is 4.79 Å². The Balaban J connectivity index is 1.46. The summed E-state index contributed by atoms with van der Waals surface area (Å²) in [4.78, 5) is 22.6. The lowest BCUT2D eigenvalue weighted by Crippen LogP contribution is -2.38. The van der Waals surface area contributed by atoms with Crippen molar-refractivity contribution in [3.63, 3.8) is 0 Å². The predicted molar refractivity (Wildman–Crippen MR) is 98.1 cm³/mol. The maximum Gasteiger partial charge on any atom is 0.255 e. The van der Waals surface area contributed by atoms with Crippen LogP contribution in [0, 0.1) is 5.82 Å². The molecule has 1 N–H and O–H groups in total. The van der Waals surface area contributed by atoms with E-state index in [1.807, 2.05) is 29.2 Å². The SMILES string of the molecule is O=C(c1ccc(F)cc1Br)N1CCC(c2nc3ccccc3[nH]2)CC1. The molecule has 2 heterocycles. The van der Waals surface area contributed by atoms with Crippen molar-refractivity contribution in [3.8, 4) is 0 Å². The number of hydrogen-bond donors (Lipinski definition) is 1. The van der Waals surface area contributed by atoms with Crippen molar-refractivity contribution in [2.24, 2.45) is 0 Å². The Kier molecular flexibility index (Phi) is 4.29. The third-order valence-electron chi connectivity index (χ3n) is 4.74. The molecule has 4 rings (SSSR count). The number of H-pyrrole nitrogens is 1. The summed E-state index contributed by atoms with van der Waals surface area (Å²) in [5.74, 6) is 0.909. The zero-order valence-electron chi connectivity index (χ0n) is 13.5. The average molecular weight is 402 g/mol. The molecule has 1 fully saturated rings. The summed E-state index contributed by atoms with van der Waals surface area (Å²) in [5, 5.41) is 0. The van der Waals surface area contributed by atoms with Gasteiger partial charge in [0.1, 0.15) is 11.6 Å². The zero-order valence-corrected chi connectivity index (χ0v) is 15.1. The number of imidazole rings is 1. The molecule has 128 valence electrons. The Morgan fingerprint density at radius 1 is 1.20 bits per heavy atom. The number of nitrogens with zero attached hydrogens (tertiary/aromatic N) is 2. The van der Waals surface area contributed by atoms with E-state index in [0.717, 1.165) is 29.7 Å². The summed E-state index contributed by atoms with van der Waals surface area (Å²) in [6.07, 6.45) is 1.73. The van der Waals surface area contributed by atoms with Crippen LogP contribution in [0.2, 0.25) is 0 Å². The largest absolute Gasteiger partial charge is 0.342 e. The highest BCUT2D eigenvalue weighted by Gasteiger charge is 2.27. The van der Waals surface area contributed by atoms with Gasteiger partial charge in [0.15, 0.2) is 0 Å². The molecule has 0 aliphatic carbocycles. The number of piperidine rings is 1. The minimum Gasteiger partial charge on any atom is -0.342 e. The van der Waals surface area contributed by atoms with Gasteiger partial charge in [0.05, 0.1) is 16.6 Å². The first kappa shape index (κ1) is 16.3. The highest BCUT2D eigenvalue weighted by Crippen LogP contribution is 2.29. The number of halogens is 2. The van der Waals surface area contributed by atoms with E-state index in [9.17, 15) is 9.18 Å². The summed E-state index contributed by atoms with van der Waals surface area (Å²) in [5.41, 5.74) is 2.53. The zero-order chi connectivity index (χ0) is 17.4. The van der Waals surface area contributed by atoms with Crippen LogP contribution in [-0.2, 0) is 0 Å². The topological polar surface area (TPSA) is 49.0 Å². The predicted octanol–water partition coefficient (Wildman–Crippen LogP) is 4.48. The van der Waals surface area contributed by atoms with E-state index in [1.54, 1.807) is 0 Å². The Labute approximate surface area is 153 Å². The van der Waals surface area contributed by atoms with E-state index in [0.29, 0.717) is 29.0 Å². The molecule has 0 radical (unpaired) electrons. The van der Waals surface area contributed by atoms with Crippen molar-refractivity contribution in [2.75, 3.05) is 13.1 Å². The average Bonchev–Trinajstić information content (AvgIpc) is 3.05. The number of benzene rings is 2. The molecule has 2 aromatic carbocycles. The van der Waals surface area contributed by atoms with Gasteiger partial charge in [0.25, 0.3) is 5.91 Å². The summed E-state index contributed by atoms with van der Waals surface area (Å²) in [6, 6.07) is 12.2. The summed E-state index contributed by atoms with van der Waals surface area (Å²) >= 11 is 3.28.